The molecule has 0 saturated heterocycles. The molecular formula is C29H31N5. The van der Waals surface area contributed by atoms with Crippen LogP contribution in [-0.4, -0.2) is 28.0 Å². The van der Waals surface area contributed by atoms with Crippen molar-refractivity contribution < 1.29 is 0 Å². The molecule has 0 fully saturated rings. The lowest BCUT2D eigenvalue weighted by atomic mass is 10.0. The van der Waals surface area contributed by atoms with Crippen LogP contribution in [0.2, 0.25) is 0 Å². The minimum absolute atomic E-state index is 0.522. The minimum Gasteiger partial charge on any atom is -0.361 e. The van der Waals surface area contributed by atoms with Gasteiger partial charge in [-0.15, -0.1) is 0 Å². The average molecular weight is 450 g/mol. The number of nitrogens with one attached hydrogen (secondary N) is 2. The number of aromatic nitrogens is 2. The predicted molar refractivity (Wildman–Crippen MR) is 142 cm³/mol. The monoisotopic (exact) mass is 449 g/mol. The van der Waals surface area contributed by atoms with Crippen molar-refractivity contribution >= 4 is 34.4 Å². The highest BCUT2D eigenvalue weighted by atomic mass is 15.1. The van der Waals surface area contributed by atoms with Gasteiger partial charge in [0.1, 0.15) is 6.07 Å². The van der Waals surface area contributed by atoms with Gasteiger partial charge < -0.3 is 10.3 Å². The maximum atomic E-state index is 9.79. The summed E-state index contributed by atoms with van der Waals surface area (Å²) in [6.07, 6.45) is 7.72. The summed E-state index contributed by atoms with van der Waals surface area (Å²) in [5, 5.41) is 14.5. The van der Waals surface area contributed by atoms with E-state index in [1.54, 1.807) is 6.20 Å². The zero-order valence-corrected chi connectivity index (χ0v) is 20.3. The van der Waals surface area contributed by atoms with Gasteiger partial charge in [0.2, 0.25) is 0 Å². The molecule has 0 saturated carbocycles. The number of aryl methyl sites for hydroxylation is 2. The van der Waals surface area contributed by atoms with E-state index >= 15 is 0 Å². The number of anilines is 2. The van der Waals surface area contributed by atoms with Crippen molar-refractivity contribution in [2.45, 2.75) is 34.2 Å². The topological polar surface area (TPSA) is 67.7 Å². The van der Waals surface area contributed by atoms with Crippen LogP contribution in [0, 0.1) is 25.2 Å². The fourth-order valence-electron chi connectivity index (χ4n) is 4.22. The van der Waals surface area contributed by atoms with Gasteiger partial charge >= 0.3 is 0 Å². The van der Waals surface area contributed by atoms with Gasteiger partial charge in [0.05, 0.1) is 11.3 Å². The number of hydrogen-bond acceptors (Lipinski definition) is 4. The molecule has 0 amide bonds. The summed E-state index contributed by atoms with van der Waals surface area (Å²) in [6.45, 7) is 11.5. The van der Waals surface area contributed by atoms with Crippen LogP contribution in [0.3, 0.4) is 0 Å². The van der Waals surface area contributed by atoms with Gasteiger partial charge in [0.15, 0.2) is 0 Å². The van der Waals surface area contributed by atoms with Crippen LogP contribution >= 0.6 is 0 Å². The van der Waals surface area contributed by atoms with Crippen molar-refractivity contribution in [3.8, 4) is 6.07 Å². The largest absolute Gasteiger partial charge is 0.361 e. The average Bonchev–Trinajstić information content (AvgIpc) is 3.34. The van der Waals surface area contributed by atoms with Gasteiger partial charge in [-0.25, -0.2) is 0 Å². The fourth-order valence-corrected chi connectivity index (χ4v) is 4.22. The van der Waals surface area contributed by atoms with Crippen molar-refractivity contribution in [1.29, 1.82) is 5.26 Å². The van der Waals surface area contributed by atoms with Crippen LogP contribution in [0.5, 0.6) is 0 Å². The van der Waals surface area contributed by atoms with E-state index in [1.807, 2.05) is 19.2 Å². The summed E-state index contributed by atoms with van der Waals surface area (Å²) in [4.78, 5) is 10.1. The first-order valence-corrected chi connectivity index (χ1v) is 11.8. The number of benzene rings is 2. The highest BCUT2D eigenvalue weighted by Gasteiger charge is 2.13. The summed E-state index contributed by atoms with van der Waals surface area (Å²) in [5.74, 6) is 0. The van der Waals surface area contributed by atoms with Crippen molar-refractivity contribution in [2.75, 3.05) is 18.4 Å². The summed E-state index contributed by atoms with van der Waals surface area (Å²) in [5.41, 5.74) is 8.72. The molecule has 4 rings (SSSR count). The molecule has 0 aliphatic rings. The molecule has 0 radical (unpaired) electrons. The molecule has 0 aliphatic heterocycles. The maximum absolute atomic E-state index is 9.79. The van der Waals surface area contributed by atoms with Crippen molar-refractivity contribution in [3.05, 3.63) is 88.4 Å². The molecular weight excluding hydrogens is 418 g/mol. The Hall–Kier alpha value is -3.88. The van der Waals surface area contributed by atoms with E-state index in [4.69, 9.17) is 0 Å². The Morgan fingerprint density at radius 2 is 1.79 bits per heavy atom. The van der Waals surface area contributed by atoms with Crippen LogP contribution in [-0.2, 0) is 6.54 Å². The standard InChI is InChI=1S/C29H31N5/c1-5-34(6-2)19-23-9-7-22(8-10-23)11-12-26-21(4)32-18-24(17-30)29(26)33-27-13-14-28-25(20(27)3)15-16-31-28/h7-16,18,31H,5-6,19H2,1-4H3,(H,32,33)/b12-11+. The Kier molecular flexibility index (Phi) is 7.10. The first kappa shape index (κ1) is 23.3. The van der Waals surface area contributed by atoms with E-state index in [2.05, 4.69) is 95.6 Å². The molecule has 2 N–H and O–H groups in total. The number of nitrogens with zero attached hydrogens (tertiary/aromatic N) is 3. The molecule has 0 bridgehead atoms. The number of aromatic amines is 1. The summed E-state index contributed by atoms with van der Waals surface area (Å²) in [7, 11) is 0. The van der Waals surface area contributed by atoms with E-state index in [9.17, 15) is 5.26 Å². The van der Waals surface area contributed by atoms with Gasteiger partial charge in [-0.3, -0.25) is 9.88 Å². The molecule has 34 heavy (non-hydrogen) atoms. The van der Waals surface area contributed by atoms with Gasteiger partial charge in [-0.2, -0.15) is 5.26 Å². The normalized spacial score (nSPS) is 11.4. The molecule has 172 valence electrons. The SMILES string of the molecule is CCN(CC)Cc1ccc(/C=C/c2c(C)ncc(C#N)c2Nc2ccc3[nH]ccc3c2C)cc1. The van der Waals surface area contributed by atoms with Gasteiger partial charge in [0.25, 0.3) is 0 Å². The third-order valence-corrected chi connectivity index (χ3v) is 6.42. The molecule has 2 aromatic heterocycles. The summed E-state index contributed by atoms with van der Waals surface area (Å²) < 4.78 is 0. The lowest BCUT2D eigenvalue weighted by Gasteiger charge is -2.18. The molecule has 2 heterocycles. The molecule has 4 aromatic rings. The molecule has 0 atom stereocenters. The highest BCUT2D eigenvalue weighted by molar-refractivity contribution is 5.90. The maximum Gasteiger partial charge on any atom is 0.103 e. The van der Waals surface area contributed by atoms with E-state index < -0.39 is 0 Å². The Morgan fingerprint density at radius 3 is 2.50 bits per heavy atom. The smallest absolute Gasteiger partial charge is 0.103 e. The second kappa shape index (κ2) is 10.4. The highest BCUT2D eigenvalue weighted by Crippen LogP contribution is 2.32. The quantitative estimate of drug-likeness (QED) is 0.310. The van der Waals surface area contributed by atoms with Crippen LogP contribution in [0.1, 0.15) is 47.4 Å². The number of pyridine rings is 1. The third kappa shape index (κ3) is 4.88. The Balaban J connectivity index is 1.65. The zero-order valence-electron chi connectivity index (χ0n) is 20.3. The van der Waals surface area contributed by atoms with Gasteiger partial charge in [-0.1, -0.05) is 50.3 Å². The Labute approximate surface area is 201 Å². The predicted octanol–water partition coefficient (Wildman–Crippen LogP) is 6.81. The lowest BCUT2D eigenvalue weighted by molar-refractivity contribution is 0.296. The zero-order chi connectivity index (χ0) is 24.1. The van der Waals surface area contributed by atoms with Crippen LogP contribution in [0.25, 0.3) is 23.1 Å². The van der Waals surface area contributed by atoms with Gasteiger partial charge in [0, 0.05) is 46.8 Å². The van der Waals surface area contributed by atoms with Crippen molar-refractivity contribution in [2.24, 2.45) is 0 Å². The molecule has 2 aromatic carbocycles. The number of rotatable bonds is 8. The number of nitriles is 1. The first-order chi connectivity index (χ1) is 16.5. The number of hydrogen-bond donors (Lipinski definition) is 2. The van der Waals surface area contributed by atoms with Crippen molar-refractivity contribution in [1.82, 2.24) is 14.9 Å². The lowest BCUT2D eigenvalue weighted by Crippen LogP contribution is -2.21. The van der Waals surface area contributed by atoms with Crippen LogP contribution in [0.4, 0.5) is 11.4 Å². The second-order valence-electron chi connectivity index (χ2n) is 8.50. The van der Waals surface area contributed by atoms with Crippen LogP contribution < -0.4 is 5.32 Å². The summed E-state index contributed by atoms with van der Waals surface area (Å²) >= 11 is 0. The third-order valence-electron chi connectivity index (χ3n) is 6.42. The molecule has 0 unspecified atom stereocenters. The van der Waals surface area contributed by atoms with E-state index in [-0.39, 0.29) is 0 Å². The fraction of sp³-hybridized carbons (Fsp3) is 0.241. The van der Waals surface area contributed by atoms with E-state index in [0.29, 0.717) is 5.56 Å². The molecule has 0 aliphatic carbocycles. The van der Waals surface area contributed by atoms with E-state index in [1.165, 1.54) is 5.56 Å². The van der Waals surface area contributed by atoms with Crippen LogP contribution in [0.15, 0.2) is 54.9 Å². The molecule has 5 nitrogen and oxygen atoms in total. The Morgan fingerprint density at radius 1 is 1.03 bits per heavy atom. The summed E-state index contributed by atoms with van der Waals surface area (Å²) in [6, 6.07) is 17.1. The van der Waals surface area contributed by atoms with Crippen molar-refractivity contribution in [3.63, 3.8) is 0 Å². The molecule has 0 spiro atoms. The first-order valence-electron chi connectivity index (χ1n) is 11.8. The number of fused-ring (bicyclic) bond motifs is 1. The Bertz CT molecular complexity index is 1350. The number of H-pyrrole nitrogens is 1. The minimum atomic E-state index is 0.522. The van der Waals surface area contributed by atoms with Gasteiger partial charge in [-0.05, 0) is 61.8 Å². The second-order valence-corrected chi connectivity index (χ2v) is 8.50. The molecule has 5 heteroatoms. The van der Waals surface area contributed by atoms with E-state index in [0.717, 1.165) is 64.3 Å².